The molecule has 1 aromatic heterocycles. The monoisotopic (exact) mass is 404 g/mol. The molecular formula is C17H21ClN8O2. The van der Waals surface area contributed by atoms with E-state index in [1.807, 2.05) is 4.90 Å². The van der Waals surface area contributed by atoms with Crippen molar-refractivity contribution in [3.8, 4) is 0 Å². The molecule has 1 saturated heterocycles. The van der Waals surface area contributed by atoms with E-state index in [4.69, 9.17) is 28.2 Å². The lowest BCUT2D eigenvalue weighted by atomic mass is 10.2. The molecule has 1 aliphatic heterocycles. The Morgan fingerprint density at radius 1 is 1.11 bits per heavy atom. The van der Waals surface area contributed by atoms with Gasteiger partial charge in [-0.3, -0.25) is 4.90 Å². The number of aromatic carboxylic acids is 1. The molecule has 28 heavy (non-hydrogen) atoms. The van der Waals surface area contributed by atoms with Crippen molar-refractivity contribution in [2.24, 2.45) is 10.2 Å². The van der Waals surface area contributed by atoms with E-state index < -0.39 is 5.97 Å². The molecule has 0 unspecified atom stereocenters. The molecule has 2 heterocycles. The molecule has 0 amide bonds. The first-order valence-corrected chi connectivity index (χ1v) is 9.22. The van der Waals surface area contributed by atoms with E-state index in [0.717, 1.165) is 32.7 Å². The van der Waals surface area contributed by atoms with Gasteiger partial charge in [-0.1, -0.05) is 0 Å². The molecule has 10 nitrogen and oxygen atoms in total. The fraction of sp³-hybridized carbons (Fsp3) is 0.353. The number of nitrogen functional groups attached to an aromatic ring is 2. The van der Waals surface area contributed by atoms with E-state index in [1.165, 1.54) is 12.1 Å². The molecule has 1 aliphatic rings. The van der Waals surface area contributed by atoms with Gasteiger partial charge in [0, 0.05) is 38.6 Å². The number of alkyl halides is 1. The third-order valence-electron chi connectivity index (χ3n) is 4.36. The van der Waals surface area contributed by atoms with Gasteiger partial charge in [0.05, 0.1) is 11.3 Å². The second-order valence-corrected chi connectivity index (χ2v) is 6.59. The molecular weight excluding hydrogens is 384 g/mol. The van der Waals surface area contributed by atoms with Crippen LogP contribution in [0.2, 0.25) is 0 Å². The lowest BCUT2D eigenvalue weighted by molar-refractivity contribution is 0.0697. The van der Waals surface area contributed by atoms with Crippen LogP contribution >= 0.6 is 11.6 Å². The molecule has 1 aromatic carbocycles. The second kappa shape index (κ2) is 8.81. The number of aromatic nitrogens is 2. The molecule has 3 rings (SSSR count). The number of nitrogens with zero attached hydrogens (tertiary/aromatic N) is 6. The summed E-state index contributed by atoms with van der Waals surface area (Å²) in [5, 5.41) is 17.3. The van der Waals surface area contributed by atoms with Crippen molar-refractivity contribution in [2.45, 2.75) is 0 Å². The Hall–Kier alpha value is -2.98. The van der Waals surface area contributed by atoms with Gasteiger partial charge < -0.3 is 21.5 Å². The summed E-state index contributed by atoms with van der Waals surface area (Å²) in [5.74, 6) is 0.321. The summed E-state index contributed by atoms with van der Waals surface area (Å²) >= 11 is 5.81. The van der Waals surface area contributed by atoms with E-state index in [1.54, 1.807) is 12.1 Å². The zero-order valence-corrected chi connectivity index (χ0v) is 15.9. The van der Waals surface area contributed by atoms with Crippen LogP contribution in [0.5, 0.6) is 0 Å². The van der Waals surface area contributed by atoms with Gasteiger partial charge in [-0.25, -0.2) is 4.79 Å². The highest BCUT2D eigenvalue weighted by molar-refractivity contribution is 6.18. The number of anilines is 3. The molecule has 5 N–H and O–H groups in total. The quantitative estimate of drug-likeness (QED) is 0.490. The smallest absolute Gasteiger partial charge is 0.335 e. The van der Waals surface area contributed by atoms with Crippen LogP contribution in [0.4, 0.5) is 29.0 Å². The number of rotatable bonds is 6. The Bertz CT molecular complexity index is 866. The maximum atomic E-state index is 10.9. The third-order valence-corrected chi connectivity index (χ3v) is 4.53. The van der Waals surface area contributed by atoms with Gasteiger partial charge >= 0.3 is 5.97 Å². The second-order valence-electron chi connectivity index (χ2n) is 6.21. The molecule has 0 aliphatic carbocycles. The van der Waals surface area contributed by atoms with Crippen LogP contribution in [0.25, 0.3) is 0 Å². The number of hydrogen-bond acceptors (Lipinski definition) is 9. The van der Waals surface area contributed by atoms with Crippen LogP contribution in [-0.2, 0) is 0 Å². The molecule has 0 spiro atoms. The molecule has 2 aromatic rings. The summed E-state index contributed by atoms with van der Waals surface area (Å²) in [7, 11) is 0. The maximum absolute atomic E-state index is 10.9. The van der Waals surface area contributed by atoms with Crippen LogP contribution in [0.3, 0.4) is 0 Å². The topological polar surface area (TPSA) is 146 Å². The highest BCUT2D eigenvalue weighted by Crippen LogP contribution is 2.34. The zero-order chi connectivity index (χ0) is 20.1. The Morgan fingerprint density at radius 3 is 2.39 bits per heavy atom. The summed E-state index contributed by atoms with van der Waals surface area (Å²) in [4.78, 5) is 23.5. The van der Waals surface area contributed by atoms with Gasteiger partial charge in [0.2, 0.25) is 5.95 Å². The van der Waals surface area contributed by atoms with Crippen LogP contribution in [0.15, 0.2) is 34.5 Å². The first-order valence-electron chi connectivity index (χ1n) is 8.69. The van der Waals surface area contributed by atoms with Crippen molar-refractivity contribution < 1.29 is 9.90 Å². The average Bonchev–Trinajstić information content (AvgIpc) is 2.68. The normalized spacial score (nSPS) is 15.2. The molecule has 0 atom stereocenters. The van der Waals surface area contributed by atoms with Crippen molar-refractivity contribution in [1.29, 1.82) is 0 Å². The van der Waals surface area contributed by atoms with E-state index in [9.17, 15) is 4.79 Å². The summed E-state index contributed by atoms with van der Waals surface area (Å²) < 4.78 is 0. The lowest BCUT2D eigenvalue weighted by Crippen LogP contribution is -2.47. The number of carbonyl (C=O) groups is 1. The zero-order valence-electron chi connectivity index (χ0n) is 15.1. The highest BCUT2D eigenvalue weighted by atomic mass is 35.5. The van der Waals surface area contributed by atoms with Crippen LogP contribution < -0.4 is 16.4 Å². The predicted octanol–water partition coefficient (Wildman–Crippen LogP) is 2.12. The molecule has 0 bridgehead atoms. The number of carboxylic acids is 1. The van der Waals surface area contributed by atoms with Crippen molar-refractivity contribution in [1.82, 2.24) is 14.9 Å². The minimum atomic E-state index is -1.00. The van der Waals surface area contributed by atoms with Gasteiger partial charge in [-0.05, 0) is 24.3 Å². The lowest BCUT2D eigenvalue weighted by Gasteiger charge is -2.35. The average molecular weight is 405 g/mol. The van der Waals surface area contributed by atoms with E-state index >= 15 is 0 Å². The van der Waals surface area contributed by atoms with E-state index in [-0.39, 0.29) is 17.3 Å². The molecule has 1 fully saturated rings. The largest absolute Gasteiger partial charge is 0.478 e. The SMILES string of the molecule is Nc1nc(N)c(N=Nc2ccc(C(=O)O)cc2)c(N2CCN(CCCl)CC2)n1. The number of azo groups is 1. The Labute approximate surface area is 166 Å². The van der Waals surface area contributed by atoms with Crippen molar-refractivity contribution >= 4 is 46.5 Å². The van der Waals surface area contributed by atoms with Crippen molar-refractivity contribution in [2.75, 3.05) is 55.0 Å². The number of carboxylic acid groups (broad SMARTS) is 1. The number of piperazine rings is 1. The van der Waals surface area contributed by atoms with Gasteiger partial charge in [-0.2, -0.15) is 15.1 Å². The van der Waals surface area contributed by atoms with E-state index in [0.29, 0.717) is 23.1 Å². The fourth-order valence-corrected chi connectivity index (χ4v) is 3.11. The minimum Gasteiger partial charge on any atom is -0.478 e. The number of nitrogens with two attached hydrogens (primary N) is 2. The molecule has 0 radical (unpaired) electrons. The summed E-state index contributed by atoms with van der Waals surface area (Å²) in [5.41, 5.74) is 12.8. The van der Waals surface area contributed by atoms with Crippen molar-refractivity contribution in [3.63, 3.8) is 0 Å². The minimum absolute atomic E-state index is 0.0699. The highest BCUT2D eigenvalue weighted by Gasteiger charge is 2.22. The first kappa shape index (κ1) is 19.8. The van der Waals surface area contributed by atoms with Crippen LogP contribution in [0, 0.1) is 0 Å². The van der Waals surface area contributed by atoms with E-state index in [2.05, 4.69) is 25.1 Å². The van der Waals surface area contributed by atoms with Crippen LogP contribution in [0.1, 0.15) is 10.4 Å². The maximum Gasteiger partial charge on any atom is 0.335 e. The number of hydrogen-bond donors (Lipinski definition) is 3. The Balaban J connectivity index is 1.83. The predicted molar refractivity (Wildman–Crippen MR) is 108 cm³/mol. The third kappa shape index (κ3) is 4.65. The summed E-state index contributed by atoms with van der Waals surface area (Å²) in [6.45, 7) is 3.96. The summed E-state index contributed by atoms with van der Waals surface area (Å²) in [6.07, 6.45) is 0. The first-order chi connectivity index (χ1) is 13.5. The van der Waals surface area contributed by atoms with Crippen molar-refractivity contribution in [3.05, 3.63) is 29.8 Å². The van der Waals surface area contributed by atoms with Gasteiger partial charge in [0.15, 0.2) is 17.3 Å². The molecule has 11 heteroatoms. The fourth-order valence-electron chi connectivity index (χ4n) is 2.88. The van der Waals surface area contributed by atoms with Gasteiger partial charge in [0.25, 0.3) is 0 Å². The molecule has 148 valence electrons. The summed E-state index contributed by atoms with van der Waals surface area (Å²) in [6, 6.07) is 6.03. The Morgan fingerprint density at radius 2 is 1.79 bits per heavy atom. The molecule has 0 saturated carbocycles. The number of benzene rings is 1. The van der Waals surface area contributed by atoms with Gasteiger partial charge in [0.1, 0.15) is 0 Å². The van der Waals surface area contributed by atoms with Gasteiger partial charge in [-0.15, -0.1) is 16.7 Å². The Kier molecular flexibility index (Phi) is 6.22. The van der Waals surface area contributed by atoms with Crippen LogP contribution in [-0.4, -0.2) is 64.5 Å². The number of halogens is 1. The standard InChI is InChI=1S/C17H21ClN8O2/c18-5-6-25-7-9-26(10-8-25)15-13(14(19)21-17(20)22-15)24-23-12-3-1-11(2-4-12)16(27)28/h1-4H,5-10H2,(H,27,28)(H4,19,20,21,22).